The zero-order valence-electron chi connectivity index (χ0n) is 21.9. The van der Waals surface area contributed by atoms with Gasteiger partial charge in [-0.25, -0.2) is 8.78 Å². The molecule has 2 aromatic rings. The van der Waals surface area contributed by atoms with Crippen molar-refractivity contribution in [1.82, 2.24) is 20.6 Å². The van der Waals surface area contributed by atoms with E-state index < -0.39 is 11.6 Å². The van der Waals surface area contributed by atoms with Gasteiger partial charge in [0.15, 0.2) is 5.84 Å². The van der Waals surface area contributed by atoms with Crippen LogP contribution < -0.4 is 16.5 Å². The number of fused-ring (bicyclic) bond motifs is 1. The summed E-state index contributed by atoms with van der Waals surface area (Å²) in [5, 5.41) is 7.76. The molecule has 1 amide bonds. The lowest BCUT2D eigenvalue weighted by molar-refractivity contribution is -0.124. The standard InChI is InChI=1S/C28H36F2N6O/c1-15(7-6-12-31)20(11-10-19-14-22(29)26-21(24(19)30)13-16(2)32-26)23(28(37)36(4)5)17(3)33-27-25(34-35-27)18-8-9-18/h6,12-15,18,25,32,34H,3,7-11,31H2,1-2,4-5H3,(H,33,35)/b12-6+,23-20+. The van der Waals surface area contributed by atoms with E-state index in [0.717, 1.165) is 24.3 Å². The molecule has 1 saturated carbocycles. The minimum atomic E-state index is -0.499. The van der Waals surface area contributed by atoms with Gasteiger partial charge in [0.1, 0.15) is 17.7 Å². The molecule has 4 rings (SSSR count). The summed E-state index contributed by atoms with van der Waals surface area (Å²) in [6, 6.07) is 2.99. The molecule has 198 valence electrons. The number of halogens is 2. The average Bonchev–Trinajstić information content (AvgIpc) is 3.58. The van der Waals surface area contributed by atoms with Crippen LogP contribution in [0, 0.1) is 30.4 Å². The third-order valence-electron chi connectivity index (χ3n) is 7.13. The summed E-state index contributed by atoms with van der Waals surface area (Å²) in [6.45, 7) is 7.96. The van der Waals surface area contributed by atoms with Crippen molar-refractivity contribution in [2.24, 2.45) is 22.7 Å². The van der Waals surface area contributed by atoms with Gasteiger partial charge in [0, 0.05) is 30.9 Å². The first kappa shape index (κ1) is 26.4. The van der Waals surface area contributed by atoms with Gasteiger partial charge < -0.3 is 20.9 Å². The van der Waals surface area contributed by atoms with E-state index in [1.165, 1.54) is 17.2 Å². The van der Waals surface area contributed by atoms with Crippen LogP contribution in [0.2, 0.25) is 0 Å². The number of nitrogens with zero attached hydrogens (tertiary/aromatic N) is 2. The maximum absolute atomic E-state index is 15.4. The zero-order valence-corrected chi connectivity index (χ0v) is 21.9. The van der Waals surface area contributed by atoms with E-state index in [2.05, 4.69) is 27.4 Å². The van der Waals surface area contributed by atoms with Crippen LogP contribution in [-0.4, -0.2) is 41.8 Å². The normalized spacial score (nSPS) is 18.6. The maximum atomic E-state index is 15.4. The van der Waals surface area contributed by atoms with Crippen LogP contribution in [0.3, 0.4) is 0 Å². The number of carbonyl (C=O) groups excluding carboxylic acids is 1. The molecule has 1 aromatic heterocycles. The summed E-state index contributed by atoms with van der Waals surface area (Å²) in [4.78, 5) is 17.8. The van der Waals surface area contributed by atoms with Crippen molar-refractivity contribution < 1.29 is 13.6 Å². The predicted molar refractivity (Wildman–Crippen MR) is 143 cm³/mol. The third kappa shape index (κ3) is 5.55. The molecule has 0 bridgehead atoms. The number of aromatic nitrogens is 1. The molecule has 2 aliphatic rings. The number of hydrogen-bond acceptors (Lipinski definition) is 5. The van der Waals surface area contributed by atoms with Gasteiger partial charge >= 0.3 is 0 Å². The highest BCUT2D eigenvalue weighted by Gasteiger charge is 2.39. The van der Waals surface area contributed by atoms with Crippen LogP contribution >= 0.6 is 0 Å². The maximum Gasteiger partial charge on any atom is 0.255 e. The summed E-state index contributed by atoms with van der Waals surface area (Å²) in [5.41, 5.74) is 11.5. The van der Waals surface area contributed by atoms with E-state index >= 15 is 4.39 Å². The Morgan fingerprint density at radius 3 is 2.68 bits per heavy atom. The molecule has 7 nitrogen and oxygen atoms in total. The van der Waals surface area contributed by atoms with Crippen LogP contribution in [0.4, 0.5) is 8.78 Å². The molecular formula is C28H36F2N6O. The monoisotopic (exact) mass is 510 g/mol. The molecule has 0 radical (unpaired) electrons. The molecule has 1 fully saturated rings. The SMILES string of the molecule is C=C(NC1=NNC1C1CC1)/C(C(=O)N(C)C)=C(/CCc1cc(F)c2[nH]c(C)cc2c1F)C(C)C/C=C/N. The minimum Gasteiger partial charge on any atom is -0.405 e. The highest BCUT2D eigenvalue weighted by atomic mass is 19.1. The van der Waals surface area contributed by atoms with E-state index in [4.69, 9.17) is 5.73 Å². The molecule has 9 heteroatoms. The molecule has 5 N–H and O–H groups in total. The lowest BCUT2D eigenvalue weighted by Crippen LogP contribution is -2.53. The summed E-state index contributed by atoms with van der Waals surface area (Å²) in [6.07, 6.45) is 6.74. The van der Waals surface area contributed by atoms with Crippen molar-refractivity contribution in [1.29, 1.82) is 0 Å². The Balaban J connectivity index is 1.69. The van der Waals surface area contributed by atoms with Crippen molar-refractivity contribution in [3.05, 3.63) is 70.7 Å². The second-order valence-electron chi connectivity index (χ2n) is 10.3. The molecule has 1 aliphatic heterocycles. The van der Waals surface area contributed by atoms with E-state index in [1.807, 2.05) is 13.0 Å². The van der Waals surface area contributed by atoms with E-state index in [0.29, 0.717) is 35.7 Å². The van der Waals surface area contributed by atoms with Gasteiger partial charge in [-0.05, 0) is 74.8 Å². The average molecular weight is 511 g/mol. The zero-order chi connectivity index (χ0) is 26.9. The number of amides is 1. The number of benzene rings is 1. The van der Waals surface area contributed by atoms with Gasteiger partial charge in [-0.1, -0.05) is 25.2 Å². The largest absolute Gasteiger partial charge is 0.405 e. The van der Waals surface area contributed by atoms with Crippen molar-refractivity contribution >= 4 is 22.6 Å². The molecule has 1 aromatic carbocycles. The van der Waals surface area contributed by atoms with E-state index in [9.17, 15) is 9.18 Å². The smallest absolute Gasteiger partial charge is 0.255 e. The van der Waals surface area contributed by atoms with Gasteiger partial charge in [0.2, 0.25) is 0 Å². The van der Waals surface area contributed by atoms with Crippen molar-refractivity contribution in [3.8, 4) is 0 Å². The van der Waals surface area contributed by atoms with Crippen LogP contribution in [0.15, 0.2) is 52.9 Å². The molecule has 0 saturated heterocycles. The van der Waals surface area contributed by atoms with Crippen LogP contribution in [0.1, 0.15) is 43.9 Å². The summed E-state index contributed by atoms with van der Waals surface area (Å²) in [5.74, 6) is 0.0598. The number of likely N-dealkylation sites (N-methyl/N-ethyl adjacent to an activating group) is 1. The quantitative estimate of drug-likeness (QED) is 0.282. The van der Waals surface area contributed by atoms with Crippen LogP contribution in [-0.2, 0) is 11.2 Å². The fourth-order valence-electron chi connectivity index (χ4n) is 4.87. The Hall–Kier alpha value is -3.62. The lowest BCUT2D eigenvalue weighted by atomic mass is 9.86. The molecule has 2 unspecified atom stereocenters. The number of allylic oxidation sites excluding steroid dienone is 2. The molecular weight excluding hydrogens is 474 g/mol. The molecule has 37 heavy (non-hydrogen) atoms. The Morgan fingerprint density at radius 1 is 1.35 bits per heavy atom. The number of hydrazone groups is 1. The number of hydrogen-bond donors (Lipinski definition) is 4. The van der Waals surface area contributed by atoms with Crippen LogP contribution in [0.25, 0.3) is 10.9 Å². The van der Waals surface area contributed by atoms with Gasteiger partial charge in [-0.2, -0.15) is 5.10 Å². The van der Waals surface area contributed by atoms with Gasteiger partial charge in [0.05, 0.1) is 11.1 Å². The number of carbonyl (C=O) groups is 1. The first-order chi connectivity index (χ1) is 17.6. The number of aromatic amines is 1. The fraction of sp³-hybridized carbons (Fsp3) is 0.429. The number of nitrogens with one attached hydrogen (secondary N) is 3. The van der Waals surface area contributed by atoms with E-state index in [-0.39, 0.29) is 40.8 Å². The summed E-state index contributed by atoms with van der Waals surface area (Å²) < 4.78 is 30.1. The Morgan fingerprint density at radius 2 is 2.08 bits per heavy atom. The highest BCUT2D eigenvalue weighted by Crippen LogP contribution is 2.36. The topological polar surface area (TPSA) is 98.5 Å². The fourth-order valence-corrected chi connectivity index (χ4v) is 4.87. The summed E-state index contributed by atoms with van der Waals surface area (Å²) in [7, 11) is 3.37. The first-order valence-corrected chi connectivity index (χ1v) is 12.7. The predicted octanol–water partition coefficient (Wildman–Crippen LogP) is 4.37. The lowest BCUT2D eigenvalue weighted by Gasteiger charge is -2.30. The van der Waals surface area contributed by atoms with Crippen LogP contribution in [0.5, 0.6) is 0 Å². The Labute approximate surface area is 216 Å². The summed E-state index contributed by atoms with van der Waals surface area (Å²) >= 11 is 0. The molecule has 2 heterocycles. The number of H-pyrrole nitrogens is 1. The molecule has 0 spiro atoms. The number of amidine groups is 1. The highest BCUT2D eigenvalue weighted by molar-refractivity contribution is 6.01. The number of nitrogens with two attached hydrogens (primary N) is 1. The number of rotatable bonds is 10. The Kier molecular flexibility index (Phi) is 7.71. The second-order valence-corrected chi connectivity index (χ2v) is 10.3. The number of aryl methyl sites for hydroxylation is 2. The third-order valence-corrected chi connectivity index (χ3v) is 7.13. The molecule has 2 atom stereocenters. The van der Waals surface area contributed by atoms with Crippen molar-refractivity contribution in [2.45, 2.75) is 52.0 Å². The Bertz CT molecular complexity index is 1300. The van der Waals surface area contributed by atoms with E-state index in [1.54, 1.807) is 27.1 Å². The minimum absolute atomic E-state index is 0.0934. The first-order valence-electron chi connectivity index (χ1n) is 12.7. The van der Waals surface area contributed by atoms with Gasteiger partial charge in [-0.3, -0.25) is 10.2 Å². The van der Waals surface area contributed by atoms with Gasteiger partial charge in [-0.15, -0.1) is 0 Å². The van der Waals surface area contributed by atoms with Gasteiger partial charge in [0.25, 0.3) is 5.91 Å². The second kappa shape index (κ2) is 10.8. The van der Waals surface area contributed by atoms with Crippen molar-refractivity contribution in [2.75, 3.05) is 14.1 Å². The molecule has 1 aliphatic carbocycles. The van der Waals surface area contributed by atoms with Crippen molar-refractivity contribution in [3.63, 3.8) is 0 Å².